The Labute approximate surface area is 145 Å². The zero-order valence-corrected chi connectivity index (χ0v) is 14.6. The van der Waals surface area contributed by atoms with E-state index in [1.165, 1.54) is 0 Å². The number of benzene rings is 2. The summed E-state index contributed by atoms with van der Waals surface area (Å²) in [5, 5.41) is 0. The second-order valence-corrected chi connectivity index (χ2v) is 6.86. The molecule has 126 valence electrons. The van der Waals surface area contributed by atoms with E-state index in [0.29, 0.717) is 16.9 Å². The molecule has 4 nitrogen and oxygen atoms in total. The highest BCUT2D eigenvalue weighted by Crippen LogP contribution is 2.05. The SMILES string of the molecule is CCCCCS(=NC(=O)c1ccccc1)NC(=O)c1ccccc1. The third kappa shape index (κ3) is 5.74. The van der Waals surface area contributed by atoms with Crippen molar-refractivity contribution in [3.8, 4) is 0 Å². The van der Waals surface area contributed by atoms with Gasteiger partial charge in [-0.05, 0) is 30.7 Å². The first kappa shape index (κ1) is 18.1. The lowest BCUT2D eigenvalue weighted by molar-refractivity contribution is 0.0983. The van der Waals surface area contributed by atoms with Gasteiger partial charge in [-0.3, -0.25) is 14.3 Å². The molecular weight excluding hydrogens is 320 g/mol. The van der Waals surface area contributed by atoms with Gasteiger partial charge in [0.2, 0.25) is 0 Å². The Hall–Kier alpha value is -2.27. The molecule has 0 radical (unpaired) electrons. The Morgan fingerprint density at radius 1 is 0.917 bits per heavy atom. The Balaban J connectivity index is 2.13. The quantitative estimate of drug-likeness (QED) is 0.768. The van der Waals surface area contributed by atoms with E-state index in [2.05, 4.69) is 16.0 Å². The van der Waals surface area contributed by atoms with E-state index in [1.54, 1.807) is 36.4 Å². The van der Waals surface area contributed by atoms with Gasteiger partial charge in [0.05, 0.1) is 0 Å². The molecule has 0 aromatic heterocycles. The summed E-state index contributed by atoms with van der Waals surface area (Å²) in [6, 6.07) is 17.9. The van der Waals surface area contributed by atoms with E-state index in [1.807, 2.05) is 24.3 Å². The smallest absolute Gasteiger partial charge is 0.284 e. The monoisotopic (exact) mass is 342 g/mol. The topological polar surface area (TPSA) is 58.5 Å². The molecule has 1 N–H and O–H groups in total. The average molecular weight is 342 g/mol. The van der Waals surface area contributed by atoms with E-state index >= 15 is 0 Å². The van der Waals surface area contributed by atoms with Crippen LogP contribution in [-0.2, 0) is 10.9 Å². The minimum atomic E-state index is -0.811. The van der Waals surface area contributed by atoms with Gasteiger partial charge in [0, 0.05) is 27.8 Å². The molecule has 0 saturated carbocycles. The van der Waals surface area contributed by atoms with Crippen LogP contribution in [0.1, 0.15) is 46.9 Å². The lowest BCUT2D eigenvalue weighted by Gasteiger charge is -2.10. The minimum Gasteiger partial charge on any atom is -0.287 e. The first-order valence-corrected chi connectivity index (χ1v) is 9.44. The predicted molar refractivity (Wildman–Crippen MR) is 98.9 cm³/mol. The van der Waals surface area contributed by atoms with Gasteiger partial charge in [-0.15, -0.1) is 0 Å². The molecule has 2 amide bonds. The Kier molecular flexibility index (Phi) is 7.36. The van der Waals surface area contributed by atoms with Gasteiger partial charge in [-0.25, -0.2) is 0 Å². The van der Waals surface area contributed by atoms with Crippen LogP contribution in [0.15, 0.2) is 65.0 Å². The average Bonchev–Trinajstić information content (AvgIpc) is 2.63. The first-order valence-electron chi connectivity index (χ1n) is 8.09. The Morgan fingerprint density at radius 3 is 2.08 bits per heavy atom. The van der Waals surface area contributed by atoms with Crippen molar-refractivity contribution in [2.45, 2.75) is 26.2 Å². The van der Waals surface area contributed by atoms with E-state index in [0.717, 1.165) is 19.3 Å². The van der Waals surface area contributed by atoms with E-state index in [4.69, 9.17) is 0 Å². The fourth-order valence-corrected chi connectivity index (χ4v) is 3.45. The van der Waals surface area contributed by atoms with Crippen LogP contribution in [0, 0.1) is 0 Å². The number of hydrogen-bond acceptors (Lipinski definition) is 2. The molecule has 0 aliphatic carbocycles. The number of nitrogens with zero attached hydrogens (tertiary/aromatic N) is 1. The second-order valence-electron chi connectivity index (χ2n) is 5.34. The molecule has 0 heterocycles. The number of amides is 2. The van der Waals surface area contributed by atoms with Gasteiger partial charge in [-0.2, -0.15) is 4.36 Å². The van der Waals surface area contributed by atoms with E-state index in [9.17, 15) is 9.59 Å². The van der Waals surface area contributed by atoms with Crippen molar-refractivity contribution in [3.63, 3.8) is 0 Å². The van der Waals surface area contributed by atoms with Crippen molar-refractivity contribution in [1.82, 2.24) is 4.72 Å². The molecule has 0 aliphatic heterocycles. The number of carbonyl (C=O) groups is 2. The number of unbranched alkanes of at least 4 members (excludes halogenated alkanes) is 2. The van der Waals surface area contributed by atoms with Crippen molar-refractivity contribution >= 4 is 22.7 Å². The van der Waals surface area contributed by atoms with E-state index < -0.39 is 10.9 Å². The highest BCUT2D eigenvalue weighted by atomic mass is 32.2. The molecule has 2 aromatic carbocycles. The van der Waals surface area contributed by atoms with Gasteiger partial charge in [0.1, 0.15) is 0 Å². The standard InChI is InChI=1S/C19H22N2O2S/c1-2-3-10-15-24(20-18(22)16-11-6-4-7-12-16)21-19(23)17-13-8-5-9-14-17/h4-9,11-14H,2-3,10,15H2,1H3,(H,20,21,22,23). The molecule has 5 heteroatoms. The van der Waals surface area contributed by atoms with Crippen LogP contribution in [0.4, 0.5) is 0 Å². The zero-order chi connectivity index (χ0) is 17.2. The van der Waals surface area contributed by atoms with Crippen molar-refractivity contribution in [2.75, 3.05) is 5.75 Å². The maximum atomic E-state index is 12.3. The normalized spacial score (nSPS) is 11.9. The van der Waals surface area contributed by atoms with Crippen molar-refractivity contribution in [3.05, 3.63) is 71.8 Å². The third-order valence-electron chi connectivity index (χ3n) is 3.40. The fourth-order valence-electron chi connectivity index (χ4n) is 2.10. The lowest BCUT2D eigenvalue weighted by atomic mass is 10.2. The van der Waals surface area contributed by atoms with Crippen molar-refractivity contribution in [1.29, 1.82) is 0 Å². The molecule has 0 aliphatic rings. The number of rotatable bonds is 7. The highest BCUT2D eigenvalue weighted by molar-refractivity contribution is 7.86. The van der Waals surface area contributed by atoms with Gasteiger partial charge >= 0.3 is 0 Å². The summed E-state index contributed by atoms with van der Waals surface area (Å²) in [4.78, 5) is 24.6. The maximum Gasteiger partial charge on any atom is 0.284 e. The van der Waals surface area contributed by atoms with Crippen LogP contribution in [0.3, 0.4) is 0 Å². The van der Waals surface area contributed by atoms with Gasteiger partial charge in [0.15, 0.2) is 0 Å². The van der Waals surface area contributed by atoms with Crippen LogP contribution in [-0.4, -0.2) is 17.6 Å². The largest absolute Gasteiger partial charge is 0.287 e. The Bertz CT molecular complexity index is 700. The van der Waals surface area contributed by atoms with Gasteiger partial charge in [-0.1, -0.05) is 56.2 Å². The maximum absolute atomic E-state index is 12.3. The summed E-state index contributed by atoms with van der Waals surface area (Å²) in [6.07, 6.45) is 3.07. The summed E-state index contributed by atoms with van der Waals surface area (Å²) >= 11 is 0. The van der Waals surface area contributed by atoms with Crippen LogP contribution in [0.5, 0.6) is 0 Å². The third-order valence-corrected chi connectivity index (χ3v) is 4.88. The molecular formula is C19H22N2O2S. The summed E-state index contributed by atoms with van der Waals surface area (Å²) in [5.41, 5.74) is 1.12. The number of hydrogen-bond donors (Lipinski definition) is 1. The Morgan fingerprint density at radius 2 is 1.50 bits per heavy atom. The fraction of sp³-hybridized carbons (Fsp3) is 0.263. The predicted octanol–water partition coefficient (Wildman–Crippen LogP) is 4.16. The van der Waals surface area contributed by atoms with Crippen LogP contribution < -0.4 is 4.72 Å². The molecule has 1 atom stereocenters. The molecule has 0 bridgehead atoms. The van der Waals surface area contributed by atoms with Crippen LogP contribution in [0.2, 0.25) is 0 Å². The van der Waals surface area contributed by atoms with Crippen LogP contribution in [0.25, 0.3) is 0 Å². The van der Waals surface area contributed by atoms with Crippen molar-refractivity contribution in [2.24, 2.45) is 4.36 Å². The van der Waals surface area contributed by atoms with Gasteiger partial charge < -0.3 is 0 Å². The molecule has 0 spiro atoms. The summed E-state index contributed by atoms with van der Waals surface area (Å²) in [7, 11) is -0.811. The summed E-state index contributed by atoms with van der Waals surface area (Å²) < 4.78 is 7.14. The first-order chi connectivity index (χ1) is 11.7. The molecule has 2 aromatic rings. The molecule has 0 saturated heterocycles. The second kappa shape index (κ2) is 9.78. The highest BCUT2D eigenvalue weighted by Gasteiger charge is 2.10. The van der Waals surface area contributed by atoms with Crippen LogP contribution >= 0.6 is 0 Å². The van der Waals surface area contributed by atoms with Crippen molar-refractivity contribution < 1.29 is 9.59 Å². The lowest BCUT2D eigenvalue weighted by Crippen LogP contribution is -2.28. The summed E-state index contributed by atoms with van der Waals surface area (Å²) in [6.45, 7) is 2.12. The zero-order valence-electron chi connectivity index (χ0n) is 13.8. The minimum absolute atomic E-state index is 0.194. The number of carbonyl (C=O) groups excluding carboxylic acids is 2. The number of nitrogens with one attached hydrogen (secondary N) is 1. The molecule has 1 unspecified atom stereocenters. The van der Waals surface area contributed by atoms with E-state index in [-0.39, 0.29) is 11.8 Å². The van der Waals surface area contributed by atoms with Gasteiger partial charge in [0.25, 0.3) is 11.8 Å². The molecule has 2 rings (SSSR count). The summed E-state index contributed by atoms with van der Waals surface area (Å²) in [5.74, 6) is 0.203. The molecule has 24 heavy (non-hydrogen) atoms. The molecule has 0 fully saturated rings.